The molecule has 1 rings (SSSR count). The molecule has 1 atom stereocenters. The molecule has 0 aliphatic heterocycles. The maximum atomic E-state index is 10.5. The molecule has 1 aromatic rings. The zero-order chi connectivity index (χ0) is 13.9. The summed E-state index contributed by atoms with van der Waals surface area (Å²) in [4.78, 5) is 12.6. The van der Waals surface area contributed by atoms with Crippen LogP contribution in [0.1, 0.15) is 27.7 Å². The van der Waals surface area contributed by atoms with Gasteiger partial charge in [0.25, 0.3) is 0 Å². The van der Waals surface area contributed by atoms with E-state index < -0.39 is 5.97 Å². The first kappa shape index (κ1) is 15.2. The van der Waals surface area contributed by atoms with Crippen molar-refractivity contribution >= 4 is 34.2 Å². The van der Waals surface area contributed by atoms with E-state index in [1.54, 1.807) is 0 Å². The fourth-order valence-corrected chi connectivity index (χ4v) is 2.88. The molecule has 1 aromatic heterocycles. The third kappa shape index (κ3) is 4.13. The molecule has 0 aliphatic carbocycles. The first-order valence-electron chi connectivity index (χ1n) is 5.62. The SMILES string of the molecule is CC(N(C)c1nnc(SCC(=O)O)s1)C(C)(C)C. The first-order chi connectivity index (χ1) is 8.21. The summed E-state index contributed by atoms with van der Waals surface area (Å²) in [6.07, 6.45) is 0. The lowest BCUT2D eigenvalue weighted by Crippen LogP contribution is -2.39. The van der Waals surface area contributed by atoms with Crippen LogP contribution in [0.5, 0.6) is 0 Å². The van der Waals surface area contributed by atoms with E-state index in [0.717, 1.165) is 5.13 Å². The van der Waals surface area contributed by atoms with Crippen molar-refractivity contribution in [3.8, 4) is 0 Å². The Kier molecular flexibility index (Phi) is 4.98. The van der Waals surface area contributed by atoms with E-state index in [1.165, 1.54) is 23.1 Å². The van der Waals surface area contributed by atoms with Crippen LogP contribution < -0.4 is 4.90 Å². The van der Waals surface area contributed by atoms with Crippen LogP contribution in [0, 0.1) is 5.41 Å². The largest absolute Gasteiger partial charge is 0.481 e. The van der Waals surface area contributed by atoms with E-state index in [9.17, 15) is 4.79 Å². The van der Waals surface area contributed by atoms with E-state index in [2.05, 4.69) is 42.8 Å². The molecule has 0 saturated heterocycles. The molecule has 18 heavy (non-hydrogen) atoms. The predicted octanol–water partition coefficient (Wildman–Crippen LogP) is 2.59. The van der Waals surface area contributed by atoms with Crippen LogP contribution in [-0.2, 0) is 4.79 Å². The normalized spacial score (nSPS) is 13.4. The third-order valence-electron chi connectivity index (χ3n) is 2.85. The van der Waals surface area contributed by atoms with Gasteiger partial charge in [-0.2, -0.15) is 0 Å². The number of hydrogen-bond acceptors (Lipinski definition) is 6. The Labute approximate surface area is 116 Å². The van der Waals surface area contributed by atoms with Gasteiger partial charge >= 0.3 is 5.97 Å². The molecule has 0 spiro atoms. The molecule has 1 N–H and O–H groups in total. The summed E-state index contributed by atoms with van der Waals surface area (Å²) in [5, 5.41) is 17.5. The zero-order valence-corrected chi connectivity index (χ0v) is 12.9. The standard InChI is InChI=1S/C11H19N3O2S2/c1-7(11(2,3)4)14(5)9-12-13-10(18-9)17-6-8(15)16/h7H,6H2,1-5H3,(H,15,16). The molecule has 0 fully saturated rings. The van der Waals surface area contributed by atoms with Gasteiger partial charge in [-0.1, -0.05) is 43.9 Å². The Morgan fingerprint density at radius 3 is 2.61 bits per heavy atom. The average molecular weight is 289 g/mol. The van der Waals surface area contributed by atoms with E-state index in [4.69, 9.17) is 5.11 Å². The lowest BCUT2D eigenvalue weighted by molar-refractivity contribution is -0.133. The highest BCUT2D eigenvalue weighted by molar-refractivity contribution is 8.01. The van der Waals surface area contributed by atoms with Crippen LogP contribution in [0.2, 0.25) is 0 Å². The Balaban J connectivity index is 2.70. The maximum absolute atomic E-state index is 10.5. The van der Waals surface area contributed by atoms with Crippen molar-refractivity contribution in [1.29, 1.82) is 0 Å². The second-order valence-corrected chi connectivity index (χ2v) is 7.36. The van der Waals surface area contributed by atoms with Crippen molar-refractivity contribution in [2.24, 2.45) is 5.41 Å². The Morgan fingerprint density at radius 2 is 2.11 bits per heavy atom. The zero-order valence-electron chi connectivity index (χ0n) is 11.3. The van der Waals surface area contributed by atoms with E-state index in [1.807, 2.05) is 7.05 Å². The summed E-state index contributed by atoms with van der Waals surface area (Å²) in [6, 6.07) is 0.322. The van der Waals surface area contributed by atoms with Crippen molar-refractivity contribution in [2.75, 3.05) is 17.7 Å². The second-order valence-electron chi connectivity index (χ2n) is 5.19. The molecular weight excluding hydrogens is 270 g/mol. The molecule has 7 heteroatoms. The summed E-state index contributed by atoms with van der Waals surface area (Å²) < 4.78 is 0.695. The van der Waals surface area contributed by atoms with Gasteiger partial charge in [-0.15, -0.1) is 10.2 Å². The van der Waals surface area contributed by atoms with Crippen molar-refractivity contribution in [1.82, 2.24) is 10.2 Å². The van der Waals surface area contributed by atoms with E-state index in [-0.39, 0.29) is 11.2 Å². The lowest BCUT2D eigenvalue weighted by Gasteiger charge is -2.34. The third-order valence-corrected chi connectivity index (χ3v) is 4.98. The van der Waals surface area contributed by atoms with Crippen LogP contribution in [0.15, 0.2) is 4.34 Å². The maximum Gasteiger partial charge on any atom is 0.313 e. The molecule has 5 nitrogen and oxygen atoms in total. The minimum atomic E-state index is -0.840. The molecule has 0 saturated carbocycles. The summed E-state index contributed by atoms with van der Waals surface area (Å²) in [7, 11) is 1.99. The number of hydrogen-bond donors (Lipinski definition) is 1. The quantitative estimate of drug-likeness (QED) is 0.840. The van der Waals surface area contributed by atoms with Gasteiger partial charge in [0.1, 0.15) is 0 Å². The van der Waals surface area contributed by atoms with E-state index in [0.29, 0.717) is 10.4 Å². The van der Waals surface area contributed by atoms with Gasteiger partial charge in [-0.3, -0.25) is 4.79 Å². The van der Waals surface area contributed by atoms with Crippen LogP contribution in [0.3, 0.4) is 0 Å². The number of carbonyl (C=O) groups is 1. The van der Waals surface area contributed by atoms with Gasteiger partial charge in [0.15, 0.2) is 4.34 Å². The smallest absolute Gasteiger partial charge is 0.313 e. The van der Waals surface area contributed by atoms with Crippen molar-refractivity contribution in [2.45, 2.75) is 38.1 Å². The van der Waals surface area contributed by atoms with Crippen LogP contribution in [0.25, 0.3) is 0 Å². The van der Waals surface area contributed by atoms with Gasteiger partial charge in [0.05, 0.1) is 5.75 Å². The fourth-order valence-electron chi connectivity index (χ4n) is 1.27. The molecule has 0 amide bonds. The number of thioether (sulfide) groups is 1. The number of anilines is 1. The van der Waals surface area contributed by atoms with Crippen molar-refractivity contribution < 1.29 is 9.90 Å². The minimum absolute atomic E-state index is 0.0210. The summed E-state index contributed by atoms with van der Waals surface area (Å²) in [5.74, 6) is -0.819. The van der Waals surface area contributed by atoms with Gasteiger partial charge in [0.2, 0.25) is 5.13 Å². The lowest BCUT2D eigenvalue weighted by atomic mass is 9.87. The molecular formula is C11H19N3O2S2. The predicted molar refractivity (Wildman–Crippen MR) is 75.6 cm³/mol. The summed E-state index contributed by atoms with van der Waals surface area (Å²) in [6.45, 7) is 8.67. The highest BCUT2D eigenvalue weighted by Crippen LogP contribution is 2.32. The highest BCUT2D eigenvalue weighted by atomic mass is 32.2. The molecule has 0 radical (unpaired) electrons. The number of aromatic nitrogens is 2. The van der Waals surface area contributed by atoms with E-state index >= 15 is 0 Å². The number of nitrogens with zero attached hydrogens (tertiary/aromatic N) is 3. The molecule has 1 heterocycles. The van der Waals surface area contributed by atoms with Crippen molar-refractivity contribution in [3.05, 3.63) is 0 Å². The Morgan fingerprint density at radius 1 is 1.50 bits per heavy atom. The number of carboxylic acid groups (broad SMARTS) is 1. The van der Waals surface area contributed by atoms with Gasteiger partial charge < -0.3 is 10.0 Å². The van der Waals surface area contributed by atoms with Gasteiger partial charge in [-0.05, 0) is 12.3 Å². The monoisotopic (exact) mass is 289 g/mol. The van der Waals surface area contributed by atoms with Crippen LogP contribution >= 0.6 is 23.1 Å². The van der Waals surface area contributed by atoms with Crippen molar-refractivity contribution in [3.63, 3.8) is 0 Å². The molecule has 0 aliphatic rings. The van der Waals surface area contributed by atoms with Gasteiger partial charge in [0, 0.05) is 13.1 Å². The highest BCUT2D eigenvalue weighted by Gasteiger charge is 2.26. The van der Waals surface area contributed by atoms with Crippen LogP contribution in [-0.4, -0.2) is 40.1 Å². The second kappa shape index (κ2) is 5.88. The van der Waals surface area contributed by atoms with Crippen LogP contribution in [0.4, 0.5) is 5.13 Å². The fraction of sp³-hybridized carbons (Fsp3) is 0.727. The minimum Gasteiger partial charge on any atom is -0.481 e. The Hall–Kier alpha value is -0.820. The summed E-state index contributed by atoms with van der Waals surface area (Å²) in [5.41, 5.74) is 0.148. The topological polar surface area (TPSA) is 66.3 Å². The molecule has 0 aromatic carbocycles. The molecule has 1 unspecified atom stereocenters. The summed E-state index contributed by atoms with van der Waals surface area (Å²) >= 11 is 2.64. The number of rotatable bonds is 5. The number of carboxylic acids is 1. The van der Waals surface area contributed by atoms with Gasteiger partial charge in [-0.25, -0.2) is 0 Å². The molecule has 102 valence electrons. The Bertz CT molecular complexity index is 415. The number of aliphatic carboxylic acids is 1. The molecule has 0 bridgehead atoms. The first-order valence-corrected chi connectivity index (χ1v) is 7.43. The average Bonchev–Trinajstić information content (AvgIpc) is 2.71.